The van der Waals surface area contributed by atoms with Crippen LogP contribution in [0.15, 0.2) is 107 Å². The van der Waals surface area contributed by atoms with Crippen molar-refractivity contribution < 1.29 is 71.3 Å². The molecule has 6 bridgehead atoms. The van der Waals surface area contributed by atoms with Crippen molar-refractivity contribution in [2.75, 3.05) is 0 Å². The number of hydrogen-bond donors (Lipinski definition) is 0. The molecule has 10 aliphatic heterocycles. The van der Waals surface area contributed by atoms with E-state index in [2.05, 4.69) is 66.2 Å². The minimum atomic E-state index is -0.431. The molecule has 17 unspecified atom stereocenters. The molecule has 0 aromatic rings. The SMILES string of the molecule is C=C1C(=O)OC2/C=C(\C)CC3C=C(CCC4OC4(C)CCC12)C(=O)O3.C=C1C(=O)OC2C1CC/C(C)=C/CCC1=CC(CC3(C)OC23)OC1=O.C=C1OC2C=C1CCC1OC1(C)CCC1C(=C)C(=O)OC1C1OC1(C)C2. The molecule has 76 heavy (non-hydrogen) atoms. The van der Waals surface area contributed by atoms with Gasteiger partial charge in [0, 0.05) is 64.9 Å². The van der Waals surface area contributed by atoms with Crippen LogP contribution in [0.4, 0.5) is 0 Å². The smallest absolute Gasteiger partial charge is 0.334 e. The molecule has 0 N–H and O–H groups in total. The molecule has 3 aliphatic carbocycles. The van der Waals surface area contributed by atoms with Crippen LogP contribution in [0.25, 0.3) is 0 Å². The Balaban J connectivity index is 0.000000122. The van der Waals surface area contributed by atoms with E-state index in [0.717, 1.165) is 93.1 Å². The summed E-state index contributed by atoms with van der Waals surface area (Å²) >= 11 is 0. The van der Waals surface area contributed by atoms with Gasteiger partial charge in [0.15, 0.2) is 0 Å². The van der Waals surface area contributed by atoms with Gasteiger partial charge in [-0.2, -0.15) is 0 Å². The lowest BCUT2D eigenvalue weighted by Crippen LogP contribution is -2.31. The van der Waals surface area contributed by atoms with Gasteiger partial charge in [0.05, 0.1) is 34.6 Å². The van der Waals surface area contributed by atoms with Gasteiger partial charge in [-0.05, 0) is 148 Å². The first-order valence-corrected chi connectivity index (χ1v) is 27.7. The minimum Gasteiger partial charge on any atom is -0.487 e. The summed E-state index contributed by atoms with van der Waals surface area (Å²) in [7, 11) is 0. The standard InChI is InChI=1S/C21H26O5.2C20H24O5/c1-11-15-7-8-20(3)16(25-20)6-5-13-9-14(23-12(13)2)10-21(4)18(26-21)17(15)24-19(11)22;1-11-8-14-10-13(19(22)23-14)4-5-17-20(3,25-17)7-6-15-12(2)18(21)24-16(15)9-11;1-11-5-4-6-13-9-14(23-19(13)22)10-20(3)17(25-20)16-15(8-7-11)12(2)18(21)24-16/h9,14-18H,1-2,5-8,10H2,3-4H3;9-10,14-17H,2,4-8H2,1,3H3;5,9,14-17H,2,4,6-8,10H2,1,3H3/b;11-9+;11-5+. The summed E-state index contributed by atoms with van der Waals surface area (Å²) in [6.07, 6.45) is 21.0. The second kappa shape index (κ2) is 19.5. The van der Waals surface area contributed by atoms with Crippen molar-refractivity contribution in [3.05, 3.63) is 107 Å². The van der Waals surface area contributed by atoms with Gasteiger partial charge >= 0.3 is 29.8 Å². The maximum atomic E-state index is 12.1. The summed E-state index contributed by atoms with van der Waals surface area (Å²) in [5.41, 5.74) is 5.62. The van der Waals surface area contributed by atoms with Crippen molar-refractivity contribution in [1.82, 2.24) is 0 Å². The summed E-state index contributed by atoms with van der Waals surface area (Å²) < 4.78 is 57.6. The van der Waals surface area contributed by atoms with E-state index in [4.69, 9.17) is 47.4 Å². The third-order valence-electron chi connectivity index (χ3n) is 18.6. The zero-order chi connectivity index (χ0) is 53.8. The van der Waals surface area contributed by atoms with E-state index >= 15 is 0 Å². The van der Waals surface area contributed by atoms with Crippen LogP contribution >= 0.6 is 0 Å². The Kier molecular flexibility index (Phi) is 13.5. The third kappa shape index (κ3) is 10.4. The van der Waals surface area contributed by atoms with E-state index in [0.29, 0.717) is 42.4 Å². The number of hydrogen-bond acceptors (Lipinski definition) is 15. The largest absolute Gasteiger partial charge is 0.487 e. The van der Waals surface area contributed by atoms with Crippen LogP contribution in [0.5, 0.6) is 0 Å². The van der Waals surface area contributed by atoms with Gasteiger partial charge in [0.2, 0.25) is 0 Å². The maximum Gasteiger partial charge on any atom is 0.334 e. The molecule has 17 atom stereocenters. The molecule has 13 aliphatic rings. The summed E-state index contributed by atoms with van der Waals surface area (Å²) in [6.45, 7) is 28.3. The van der Waals surface area contributed by atoms with Crippen molar-refractivity contribution in [2.45, 2.75) is 221 Å². The molecule has 7 saturated heterocycles. The van der Waals surface area contributed by atoms with E-state index in [9.17, 15) is 24.0 Å². The fourth-order valence-electron chi connectivity index (χ4n) is 13.5. The fraction of sp³-hybridized carbons (Fsp3) is 0.623. The molecule has 0 aromatic carbocycles. The summed E-state index contributed by atoms with van der Waals surface area (Å²) in [6, 6.07) is 0. The molecule has 0 aromatic heterocycles. The van der Waals surface area contributed by atoms with Crippen LogP contribution in [0.3, 0.4) is 0 Å². The van der Waals surface area contributed by atoms with Crippen molar-refractivity contribution in [3.63, 3.8) is 0 Å². The Hall–Kier alpha value is -5.35. The lowest BCUT2D eigenvalue weighted by molar-refractivity contribution is -0.141. The first-order valence-electron chi connectivity index (χ1n) is 27.7. The van der Waals surface area contributed by atoms with Crippen LogP contribution in [-0.4, -0.2) is 113 Å². The highest BCUT2D eigenvalue weighted by Crippen LogP contribution is 2.54. The number of epoxide rings is 4. The molecule has 0 spiro atoms. The molecule has 15 nitrogen and oxygen atoms in total. The van der Waals surface area contributed by atoms with Gasteiger partial charge in [-0.15, -0.1) is 0 Å². The lowest BCUT2D eigenvalue weighted by Gasteiger charge is -2.19. The number of carbonyl (C=O) groups excluding carboxylic acids is 5. The van der Waals surface area contributed by atoms with Crippen molar-refractivity contribution in [1.29, 1.82) is 0 Å². The monoisotopic (exact) mass is 1050 g/mol. The third-order valence-corrected chi connectivity index (χ3v) is 18.6. The maximum absolute atomic E-state index is 12.1. The van der Waals surface area contributed by atoms with E-state index in [1.54, 1.807) is 0 Å². The van der Waals surface area contributed by atoms with Crippen molar-refractivity contribution in [2.24, 2.45) is 17.8 Å². The van der Waals surface area contributed by atoms with Gasteiger partial charge in [-0.3, -0.25) is 0 Å². The molecule has 0 amide bonds. The molecule has 408 valence electrons. The number of ether oxygens (including phenoxy) is 10. The Morgan fingerprint density at radius 1 is 0.461 bits per heavy atom. The van der Waals surface area contributed by atoms with Crippen LogP contribution in [-0.2, 0) is 71.3 Å². The molecular formula is C61H74O15. The second-order valence-corrected chi connectivity index (χ2v) is 24.5. The average molecular weight is 1050 g/mol. The highest BCUT2D eigenvalue weighted by atomic mass is 16.7. The molecular weight excluding hydrogens is 973 g/mol. The Morgan fingerprint density at radius 3 is 1.57 bits per heavy atom. The molecule has 10 heterocycles. The zero-order valence-corrected chi connectivity index (χ0v) is 45.0. The zero-order valence-electron chi connectivity index (χ0n) is 45.0. The summed E-state index contributed by atoms with van der Waals surface area (Å²) in [5.74, 6) is -0.583. The molecule has 13 rings (SSSR count). The van der Waals surface area contributed by atoms with E-state index < -0.39 is 5.60 Å². The molecule has 15 heteroatoms. The van der Waals surface area contributed by atoms with Crippen LogP contribution in [0.2, 0.25) is 0 Å². The number of esters is 5. The van der Waals surface area contributed by atoms with Crippen LogP contribution in [0, 0.1) is 17.8 Å². The quantitative estimate of drug-likeness (QED) is 0.0733. The first-order chi connectivity index (χ1) is 36.0. The Labute approximate surface area is 445 Å². The number of carbonyl (C=O) groups is 5. The average Bonchev–Trinajstić information content (AvgIpc) is 4.31. The first kappa shape index (κ1) is 52.7. The predicted octanol–water partition coefficient (Wildman–Crippen LogP) is 9.21. The highest BCUT2D eigenvalue weighted by molar-refractivity contribution is 5.93. The number of rotatable bonds is 0. The lowest BCUT2D eigenvalue weighted by atomic mass is 9.83. The fourth-order valence-corrected chi connectivity index (χ4v) is 13.5. The van der Waals surface area contributed by atoms with Crippen LogP contribution < -0.4 is 0 Å². The second-order valence-electron chi connectivity index (χ2n) is 24.5. The number of allylic oxidation sites excluding steroid dienone is 3. The van der Waals surface area contributed by atoms with Crippen molar-refractivity contribution in [3.8, 4) is 0 Å². The van der Waals surface area contributed by atoms with E-state index in [-0.39, 0.29) is 125 Å². The Bertz CT molecular complexity index is 2720. The summed E-state index contributed by atoms with van der Waals surface area (Å²) in [5, 5.41) is 0. The van der Waals surface area contributed by atoms with Crippen LogP contribution in [0.1, 0.15) is 138 Å². The highest BCUT2D eigenvalue weighted by Gasteiger charge is 2.65. The van der Waals surface area contributed by atoms with E-state index in [1.165, 1.54) is 11.1 Å². The summed E-state index contributed by atoms with van der Waals surface area (Å²) in [4.78, 5) is 60.2. The van der Waals surface area contributed by atoms with Gasteiger partial charge in [0.25, 0.3) is 0 Å². The molecule has 0 radical (unpaired) electrons. The van der Waals surface area contributed by atoms with E-state index in [1.807, 2.05) is 32.1 Å². The van der Waals surface area contributed by atoms with Crippen molar-refractivity contribution >= 4 is 29.8 Å². The van der Waals surface area contributed by atoms with Gasteiger partial charge in [-0.1, -0.05) is 43.5 Å². The van der Waals surface area contributed by atoms with Gasteiger partial charge < -0.3 is 47.4 Å². The normalized spacial score (nSPS) is 45.4. The van der Waals surface area contributed by atoms with Gasteiger partial charge in [0.1, 0.15) is 54.6 Å². The number of fused-ring (bicyclic) bond motifs is 12. The predicted molar refractivity (Wildman–Crippen MR) is 275 cm³/mol. The topological polar surface area (TPSA) is 191 Å². The Morgan fingerprint density at radius 2 is 0.947 bits per heavy atom. The minimum absolute atomic E-state index is 0.00417. The molecule has 7 fully saturated rings. The molecule has 0 saturated carbocycles. The van der Waals surface area contributed by atoms with Gasteiger partial charge in [-0.25, -0.2) is 24.0 Å².